The molecule has 0 N–H and O–H groups in total. The molecule has 5 nitrogen and oxygen atoms in total. The first-order chi connectivity index (χ1) is 10.1. The zero-order valence-corrected chi connectivity index (χ0v) is 14.1. The van der Waals surface area contributed by atoms with Gasteiger partial charge in [0.25, 0.3) is 0 Å². The molecule has 2 aliphatic heterocycles. The van der Waals surface area contributed by atoms with Gasteiger partial charge in [-0.05, 0) is 32.1 Å². The van der Waals surface area contributed by atoms with E-state index < -0.39 is 16.2 Å². The minimum atomic E-state index is -0.612. The predicted octanol–water partition coefficient (Wildman–Crippen LogP) is 1.81. The maximum atomic E-state index is 13.0. The van der Waals surface area contributed by atoms with E-state index in [9.17, 15) is 14.4 Å². The Kier molecular flexibility index (Phi) is 3.21. The minimum absolute atomic E-state index is 0.130. The van der Waals surface area contributed by atoms with Gasteiger partial charge in [-0.15, -0.1) is 0 Å². The molecule has 5 heteroatoms. The summed E-state index contributed by atoms with van der Waals surface area (Å²) in [6.45, 7) is 7.42. The first-order valence-corrected chi connectivity index (χ1v) is 8.23. The number of carbonyl (C=O) groups excluding carboxylic acids is 3. The van der Waals surface area contributed by atoms with Gasteiger partial charge in [0.15, 0.2) is 0 Å². The average molecular weight is 306 g/mol. The highest BCUT2D eigenvalue weighted by atomic mass is 16.2. The van der Waals surface area contributed by atoms with Crippen molar-refractivity contribution in [3.05, 3.63) is 0 Å². The van der Waals surface area contributed by atoms with Gasteiger partial charge in [0.05, 0.1) is 0 Å². The Balaban J connectivity index is 1.97. The molecule has 0 radical (unpaired) electrons. The van der Waals surface area contributed by atoms with E-state index in [0.29, 0.717) is 19.3 Å². The van der Waals surface area contributed by atoms with Gasteiger partial charge in [0.1, 0.15) is 0 Å². The Labute approximate surface area is 132 Å². The molecule has 0 aromatic rings. The van der Waals surface area contributed by atoms with E-state index in [4.69, 9.17) is 0 Å². The van der Waals surface area contributed by atoms with Crippen LogP contribution in [0.1, 0.15) is 52.9 Å². The lowest BCUT2D eigenvalue weighted by Crippen LogP contribution is -2.64. The Morgan fingerprint density at radius 2 is 1.36 bits per heavy atom. The van der Waals surface area contributed by atoms with Gasteiger partial charge < -0.3 is 4.90 Å². The summed E-state index contributed by atoms with van der Waals surface area (Å²) in [5.74, 6) is -0.127. The number of likely N-dealkylation sites (tertiary alicyclic amines) is 2. The number of rotatable bonds is 1. The summed E-state index contributed by atoms with van der Waals surface area (Å²) in [6, 6.07) is 0. The highest BCUT2D eigenvalue weighted by molar-refractivity contribution is 6.04. The molecule has 0 aromatic heterocycles. The van der Waals surface area contributed by atoms with Crippen molar-refractivity contribution in [1.29, 1.82) is 0 Å². The summed E-state index contributed by atoms with van der Waals surface area (Å²) >= 11 is 0. The van der Waals surface area contributed by atoms with Gasteiger partial charge in [-0.3, -0.25) is 19.3 Å². The lowest BCUT2D eigenvalue weighted by Gasteiger charge is -2.55. The molecule has 0 aromatic carbocycles. The molecule has 3 aliphatic rings. The molecule has 122 valence electrons. The molecule has 22 heavy (non-hydrogen) atoms. The second kappa shape index (κ2) is 4.56. The zero-order chi connectivity index (χ0) is 16.3. The van der Waals surface area contributed by atoms with Crippen molar-refractivity contribution < 1.29 is 14.4 Å². The molecule has 3 rings (SSSR count). The van der Waals surface area contributed by atoms with Gasteiger partial charge in [0, 0.05) is 36.4 Å². The van der Waals surface area contributed by atoms with E-state index >= 15 is 0 Å². The summed E-state index contributed by atoms with van der Waals surface area (Å²) in [5, 5.41) is 0. The minimum Gasteiger partial charge on any atom is -0.342 e. The summed E-state index contributed by atoms with van der Waals surface area (Å²) in [5.41, 5.74) is -1.84. The summed E-state index contributed by atoms with van der Waals surface area (Å²) in [4.78, 5) is 41.5. The number of imide groups is 1. The third-order valence-electron chi connectivity index (χ3n) is 5.89. The van der Waals surface area contributed by atoms with Gasteiger partial charge in [-0.25, -0.2) is 0 Å². The van der Waals surface area contributed by atoms with E-state index in [0.717, 1.165) is 25.9 Å². The van der Waals surface area contributed by atoms with Gasteiger partial charge in [0.2, 0.25) is 17.7 Å². The molecule has 2 saturated heterocycles. The molecule has 2 bridgehead atoms. The molecule has 3 fully saturated rings. The lowest BCUT2D eigenvalue weighted by molar-refractivity contribution is -0.180. The highest BCUT2D eigenvalue weighted by Gasteiger charge is 2.62. The largest absolute Gasteiger partial charge is 0.342 e. The highest BCUT2D eigenvalue weighted by Crippen LogP contribution is 2.58. The SMILES string of the molecule is CN1C(=O)C2(C)CC(C)(C(=O)N3CCCC3)CC(C)(C2)C1=O. The van der Waals surface area contributed by atoms with Gasteiger partial charge in [-0.2, -0.15) is 0 Å². The van der Waals surface area contributed by atoms with E-state index in [-0.39, 0.29) is 17.7 Å². The molecule has 1 aliphatic carbocycles. The maximum Gasteiger partial charge on any atom is 0.234 e. The molecule has 3 amide bonds. The molecule has 2 atom stereocenters. The van der Waals surface area contributed by atoms with E-state index in [1.54, 1.807) is 7.05 Å². The number of fused-ring (bicyclic) bond motifs is 2. The smallest absolute Gasteiger partial charge is 0.234 e. The zero-order valence-electron chi connectivity index (χ0n) is 14.1. The predicted molar refractivity (Wildman–Crippen MR) is 81.8 cm³/mol. The van der Waals surface area contributed by atoms with Crippen LogP contribution in [0, 0.1) is 16.2 Å². The van der Waals surface area contributed by atoms with Crippen LogP contribution in [0.25, 0.3) is 0 Å². The Bertz CT molecular complexity index is 522. The molecular weight excluding hydrogens is 280 g/mol. The fourth-order valence-corrected chi connectivity index (χ4v) is 5.43. The third kappa shape index (κ3) is 2.01. The van der Waals surface area contributed by atoms with Crippen molar-refractivity contribution >= 4 is 17.7 Å². The quantitative estimate of drug-likeness (QED) is 0.694. The number of piperidine rings is 1. The summed E-state index contributed by atoms with van der Waals surface area (Å²) < 4.78 is 0. The van der Waals surface area contributed by atoms with Crippen LogP contribution in [0.15, 0.2) is 0 Å². The maximum absolute atomic E-state index is 13.0. The normalized spacial score (nSPS) is 42.0. The number of nitrogens with zero attached hydrogens (tertiary/aromatic N) is 2. The van der Waals surface area contributed by atoms with Crippen LogP contribution in [0.3, 0.4) is 0 Å². The molecule has 0 spiro atoms. The van der Waals surface area contributed by atoms with Crippen LogP contribution < -0.4 is 0 Å². The van der Waals surface area contributed by atoms with Crippen LogP contribution in [-0.2, 0) is 14.4 Å². The molecule has 2 heterocycles. The molecular formula is C17H26N2O3. The van der Waals surface area contributed by atoms with Crippen molar-refractivity contribution in [1.82, 2.24) is 9.80 Å². The van der Waals surface area contributed by atoms with E-state index in [1.807, 2.05) is 25.7 Å². The second-order valence-corrected chi connectivity index (χ2v) is 8.38. The summed E-state index contributed by atoms with van der Waals surface area (Å²) in [6.07, 6.45) is 3.75. The second-order valence-electron chi connectivity index (χ2n) is 8.38. The number of carbonyl (C=O) groups is 3. The first kappa shape index (κ1) is 15.5. The van der Waals surface area contributed by atoms with Crippen LogP contribution in [0.5, 0.6) is 0 Å². The van der Waals surface area contributed by atoms with Gasteiger partial charge >= 0.3 is 0 Å². The molecule has 1 saturated carbocycles. The summed E-state index contributed by atoms with van der Waals surface area (Å²) in [7, 11) is 1.57. The van der Waals surface area contributed by atoms with Crippen LogP contribution >= 0.6 is 0 Å². The van der Waals surface area contributed by atoms with Crippen molar-refractivity contribution in [2.45, 2.75) is 52.9 Å². The first-order valence-electron chi connectivity index (χ1n) is 8.23. The Morgan fingerprint density at radius 3 is 1.82 bits per heavy atom. The van der Waals surface area contributed by atoms with E-state index in [1.165, 1.54) is 4.90 Å². The topological polar surface area (TPSA) is 57.7 Å². The standard InChI is InChI=1S/C17H26N2O3/c1-15-9-16(2,13(21)18(4)12(15)20)11-17(3,10-15)14(22)19-7-5-6-8-19/h5-11H2,1-4H3. The third-order valence-corrected chi connectivity index (χ3v) is 5.89. The number of hydrogen-bond acceptors (Lipinski definition) is 3. The lowest BCUT2D eigenvalue weighted by atomic mass is 9.51. The van der Waals surface area contributed by atoms with Crippen molar-refractivity contribution in [2.24, 2.45) is 16.2 Å². The Hall–Kier alpha value is -1.39. The molecule has 2 unspecified atom stereocenters. The average Bonchev–Trinajstić information content (AvgIpc) is 2.95. The number of amides is 3. The van der Waals surface area contributed by atoms with Gasteiger partial charge in [-0.1, -0.05) is 20.8 Å². The van der Waals surface area contributed by atoms with E-state index in [2.05, 4.69) is 0 Å². The van der Waals surface area contributed by atoms with Crippen LogP contribution in [0.2, 0.25) is 0 Å². The fraction of sp³-hybridized carbons (Fsp3) is 0.824. The monoisotopic (exact) mass is 306 g/mol. The van der Waals surface area contributed by atoms with Crippen molar-refractivity contribution in [3.8, 4) is 0 Å². The van der Waals surface area contributed by atoms with Crippen LogP contribution in [-0.4, -0.2) is 47.7 Å². The van der Waals surface area contributed by atoms with Crippen molar-refractivity contribution in [3.63, 3.8) is 0 Å². The Morgan fingerprint density at radius 1 is 0.909 bits per heavy atom. The number of hydrogen-bond donors (Lipinski definition) is 0. The van der Waals surface area contributed by atoms with Crippen LogP contribution in [0.4, 0.5) is 0 Å². The fourth-order valence-electron chi connectivity index (χ4n) is 5.43. The van der Waals surface area contributed by atoms with Crippen molar-refractivity contribution in [2.75, 3.05) is 20.1 Å².